The second-order valence-electron chi connectivity index (χ2n) is 3.78. The molecule has 0 bridgehead atoms. The zero-order valence-electron chi connectivity index (χ0n) is 10.1. The fraction of sp³-hybridized carbons (Fsp3) is 0.286. The first kappa shape index (κ1) is 12.1. The monoisotopic (exact) mass is 247 g/mol. The molecule has 0 saturated heterocycles. The number of methoxy groups -OCH3 is 1. The van der Waals surface area contributed by atoms with Gasteiger partial charge in [-0.1, -0.05) is 25.1 Å². The van der Waals surface area contributed by atoms with Gasteiger partial charge in [-0.05, 0) is 35.7 Å². The Morgan fingerprint density at radius 2 is 2.00 bits per heavy atom. The summed E-state index contributed by atoms with van der Waals surface area (Å²) in [6, 6.07) is 12.8. The van der Waals surface area contributed by atoms with Crippen molar-refractivity contribution >= 4 is 11.3 Å². The number of rotatable bonds is 5. The topological polar surface area (TPSA) is 21.3 Å². The molecule has 17 heavy (non-hydrogen) atoms. The highest BCUT2D eigenvalue weighted by Gasteiger charge is 2.13. The molecule has 1 aromatic heterocycles. The van der Waals surface area contributed by atoms with Crippen LogP contribution >= 0.6 is 11.3 Å². The third-order valence-electron chi connectivity index (χ3n) is 2.69. The highest BCUT2D eigenvalue weighted by Crippen LogP contribution is 2.27. The van der Waals surface area contributed by atoms with Crippen LogP contribution in [0.4, 0.5) is 0 Å². The molecule has 0 aliphatic rings. The van der Waals surface area contributed by atoms with Crippen LogP contribution in [-0.4, -0.2) is 13.7 Å². The van der Waals surface area contributed by atoms with Crippen LogP contribution < -0.4 is 10.1 Å². The first-order valence-corrected chi connectivity index (χ1v) is 6.64. The number of nitrogens with one attached hydrogen (secondary N) is 1. The van der Waals surface area contributed by atoms with Crippen LogP contribution in [0.15, 0.2) is 41.8 Å². The Hall–Kier alpha value is -1.32. The maximum absolute atomic E-state index is 5.18. The van der Waals surface area contributed by atoms with Crippen molar-refractivity contribution in [3.05, 3.63) is 52.2 Å². The van der Waals surface area contributed by atoms with E-state index in [2.05, 4.69) is 41.9 Å². The van der Waals surface area contributed by atoms with Gasteiger partial charge in [0.2, 0.25) is 0 Å². The van der Waals surface area contributed by atoms with Crippen molar-refractivity contribution in [2.75, 3.05) is 13.7 Å². The van der Waals surface area contributed by atoms with Crippen molar-refractivity contribution in [1.29, 1.82) is 0 Å². The first-order chi connectivity index (χ1) is 8.35. The highest BCUT2D eigenvalue weighted by atomic mass is 32.1. The van der Waals surface area contributed by atoms with E-state index in [1.54, 1.807) is 18.4 Å². The van der Waals surface area contributed by atoms with Crippen LogP contribution in [0.1, 0.15) is 23.4 Å². The van der Waals surface area contributed by atoms with Crippen molar-refractivity contribution in [3.8, 4) is 5.75 Å². The summed E-state index contributed by atoms with van der Waals surface area (Å²) in [5.41, 5.74) is 1.27. The molecule has 0 radical (unpaired) electrons. The number of thiophene rings is 1. The van der Waals surface area contributed by atoms with Gasteiger partial charge in [0.05, 0.1) is 13.2 Å². The fourth-order valence-electron chi connectivity index (χ4n) is 1.84. The normalized spacial score (nSPS) is 12.4. The molecule has 3 heteroatoms. The summed E-state index contributed by atoms with van der Waals surface area (Å²) < 4.78 is 5.18. The molecular weight excluding hydrogens is 230 g/mol. The molecular formula is C14H17NOS. The van der Waals surface area contributed by atoms with Gasteiger partial charge in [-0.15, -0.1) is 11.3 Å². The van der Waals surface area contributed by atoms with Gasteiger partial charge < -0.3 is 10.1 Å². The molecule has 1 atom stereocenters. The summed E-state index contributed by atoms with van der Waals surface area (Å²) in [6.45, 7) is 3.08. The van der Waals surface area contributed by atoms with Gasteiger partial charge in [-0.3, -0.25) is 0 Å². The van der Waals surface area contributed by atoms with Gasteiger partial charge in [0.25, 0.3) is 0 Å². The van der Waals surface area contributed by atoms with E-state index in [0.717, 1.165) is 12.3 Å². The van der Waals surface area contributed by atoms with E-state index in [-0.39, 0.29) is 6.04 Å². The molecule has 90 valence electrons. The Kier molecular flexibility index (Phi) is 4.18. The highest BCUT2D eigenvalue weighted by molar-refractivity contribution is 7.10. The minimum atomic E-state index is 0.283. The van der Waals surface area contributed by atoms with E-state index < -0.39 is 0 Å². The lowest BCUT2D eigenvalue weighted by molar-refractivity contribution is 0.414. The van der Waals surface area contributed by atoms with Gasteiger partial charge in [-0.25, -0.2) is 0 Å². The third-order valence-corrected chi connectivity index (χ3v) is 3.62. The predicted octanol–water partition coefficient (Wildman–Crippen LogP) is 3.46. The van der Waals surface area contributed by atoms with Crippen molar-refractivity contribution < 1.29 is 4.74 Å². The molecule has 1 aromatic carbocycles. The molecule has 1 heterocycles. The summed E-state index contributed by atoms with van der Waals surface area (Å²) in [7, 11) is 1.69. The van der Waals surface area contributed by atoms with E-state index in [0.29, 0.717) is 0 Å². The maximum atomic E-state index is 5.18. The summed E-state index contributed by atoms with van der Waals surface area (Å²) in [4.78, 5) is 1.34. The molecule has 2 rings (SSSR count). The standard InChI is InChI=1S/C14H17NOS/c1-3-15-14(13-5-4-10-17-13)11-6-8-12(16-2)9-7-11/h4-10,14-15H,3H2,1-2H3. The second kappa shape index (κ2) is 5.84. The largest absolute Gasteiger partial charge is 0.497 e. The van der Waals surface area contributed by atoms with Crippen LogP contribution in [0.5, 0.6) is 5.75 Å². The average molecular weight is 247 g/mol. The van der Waals surface area contributed by atoms with Gasteiger partial charge in [-0.2, -0.15) is 0 Å². The van der Waals surface area contributed by atoms with Crippen molar-refractivity contribution in [2.24, 2.45) is 0 Å². The van der Waals surface area contributed by atoms with E-state index in [1.165, 1.54) is 10.4 Å². The summed E-state index contributed by atoms with van der Waals surface area (Å²) >= 11 is 1.78. The lowest BCUT2D eigenvalue weighted by Gasteiger charge is -2.17. The molecule has 2 aromatic rings. The molecule has 0 amide bonds. The molecule has 0 aliphatic heterocycles. The number of ether oxygens (including phenoxy) is 1. The second-order valence-corrected chi connectivity index (χ2v) is 4.76. The van der Waals surface area contributed by atoms with Crippen LogP contribution in [0, 0.1) is 0 Å². The Labute approximate surface area is 106 Å². The first-order valence-electron chi connectivity index (χ1n) is 5.76. The minimum Gasteiger partial charge on any atom is -0.497 e. The SMILES string of the molecule is CCNC(c1ccc(OC)cc1)c1cccs1. The molecule has 0 saturated carbocycles. The van der Waals surface area contributed by atoms with Gasteiger partial charge in [0.1, 0.15) is 5.75 Å². The Morgan fingerprint density at radius 1 is 1.24 bits per heavy atom. The zero-order valence-corrected chi connectivity index (χ0v) is 11.0. The third kappa shape index (κ3) is 2.87. The lowest BCUT2D eigenvalue weighted by atomic mass is 10.1. The van der Waals surface area contributed by atoms with Crippen LogP contribution in [0.2, 0.25) is 0 Å². The van der Waals surface area contributed by atoms with E-state index in [9.17, 15) is 0 Å². The number of hydrogen-bond donors (Lipinski definition) is 1. The molecule has 0 fully saturated rings. The number of hydrogen-bond acceptors (Lipinski definition) is 3. The average Bonchev–Trinajstić information content (AvgIpc) is 2.90. The maximum Gasteiger partial charge on any atom is 0.118 e. The summed E-state index contributed by atoms with van der Waals surface area (Å²) in [5.74, 6) is 0.898. The van der Waals surface area contributed by atoms with Crippen LogP contribution in [0.25, 0.3) is 0 Å². The van der Waals surface area contributed by atoms with Crippen LogP contribution in [-0.2, 0) is 0 Å². The van der Waals surface area contributed by atoms with E-state index >= 15 is 0 Å². The zero-order chi connectivity index (χ0) is 12.1. The smallest absolute Gasteiger partial charge is 0.118 e. The molecule has 0 aliphatic carbocycles. The number of benzene rings is 1. The van der Waals surface area contributed by atoms with Crippen molar-refractivity contribution in [1.82, 2.24) is 5.32 Å². The quantitative estimate of drug-likeness (QED) is 0.873. The van der Waals surface area contributed by atoms with E-state index in [4.69, 9.17) is 4.74 Å². The van der Waals surface area contributed by atoms with E-state index in [1.807, 2.05) is 12.1 Å². The minimum absolute atomic E-state index is 0.283. The Morgan fingerprint density at radius 3 is 2.53 bits per heavy atom. The molecule has 0 spiro atoms. The van der Waals surface area contributed by atoms with Crippen molar-refractivity contribution in [3.63, 3.8) is 0 Å². The summed E-state index contributed by atoms with van der Waals surface area (Å²) in [5, 5.41) is 5.62. The Bertz CT molecular complexity index is 436. The fourth-order valence-corrected chi connectivity index (χ4v) is 2.67. The molecule has 2 nitrogen and oxygen atoms in total. The van der Waals surface area contributed by atoms with Gasteiger partial charge in [0, 0.05) is 4.88 Å². The van der Waals surface area contributed by atoms with Gasteiger partial charge >= 0.3 is 0 Å². The van der Waals surface area contributed by atoms with Gasteiger partial charge in [0.15, 0.2) is 0 Å². The lowest BCUT2D eigenvalue weighted by Crippen LogP contribution is -2.20. The Balaban J connectivity index is 2.26. The van der Waals surface area contributed by atoms with Crippen molar-refractivity contribution in [2.45, 2.75) is 13.0 Å². The molecule has 1 N–H and O–H groups in total. The molecule has 1 unspecified atom stereocenters. The predicted molar refractivity (Wildman–Crippen MR) is 72.8 cm³/mol. The van der Waals surface area contributed by atoms with Crippen LogP contribution in [0.3, 0.4) is 0 Å². The summed E-state index contributed by atoms with van der Waals surface area (Å²) in [6.07, 6.45) is 0.